The van der Waals surface area contributed by atoms with E-state index in [0.29, 0.717) is 12.1 Å². The Bertz CT molecular complexity index is 639. The van der Waals surface area contributed by atoms with Crippen molar-refractivity contribution in [1.29, 1.82) is 0 Å². The number of nitrogens with one attached hydrogen (secondary N) is 1. The quantitative estimate of drug-likeness (QED) is 0.931. The smallest absolute Gasteiger partial charge is 0.322 e. The van der Waals surface area contributed by atoms with Crippen molar-refractivity contribution >= 4 is 11.9 Å². The number of likely N-dealkylation sites (N-methyl/N-ethyl adjacent to an activating group) is 1. The minimum Gasteiger partial charge on any atom is -0.330 e. The minimum absolute atomic E-state index is 0.0325. The molecular formula is C17H21N3O2. The number of carbonyl (C=O) groups excluding carboxylic acids is 2. The fourth-order valence-electron chi connectivity index (χ4n) is 3.06. The third-order valence-corrected chi connectivity index (χ3v) is 4.64. The molecule has 0 spiro atoms. The van der Waals surface area contributed by atoms with Crippen molar-refractivity contribution in [2.75, 3.05) is 13.6 Å². The summed E-state index contributed by atoms with van der Waals surface area (Å²) >= 11 is 0. The summed E-state index contributed by atoms with van der Waals surface area (Å²) in [6.07, 6.45) is 0.896. The first kappa shape index (κ1) is 14.6. The van der Waals surface area contributed by atoms with Crippen LogP contribution in [0.25, 0.3) is 0 Å². The molecule has 1 aromatic rings. The van der Waals surface area contributed by atoms with Gasteiger partial charge in [-0.3, -0.25) is 9.69 Å². The van der Waals surface area contributed by atoms with Crippen molar-refractivity contribution in [3.8, 4) is 0 Å². The van der Waals surface area contributed by atoms with Gasteiger partial charge >= 0.3 is 6.03 Å². The van der Waals surface area contributed by atoms with E-state index in [1.54, 1.807) is 11.9 Å². The Morgan fingerprint density at radius 2 is 1.95 bits per heavy atom. The molecule has 116 valence electrons. The van der Waals surface area contributed by atoms with Crippen LogP contribution in [0.4, 0.5) is 4.79 Å². The van der Waals surface area contributed by atoms with Crippen molar-refractivity contribution in [3.05, 3.63) is 47.2 Å². The number of hydrogen-bond donors (Lipinski definition) is 1. The summed E-state index contributed by atoms with van der Waals surface area (Å²) in [5, 5.41) is 2.94. The first-order valence-electron chi connectivity index (χ1n) is 7.67. The lowest BCUT2D eigenvalue weighted by Gasteiger charge is -2.31. The highest BCUT2D eigenvalue weighted by Gasteiger charge is 2.43. The van der Waals surface area contributed by atoms with Crippen LogP contribution in [0.3, 0.4) is 0 Å². The largest absolute Gasteiger partial charge is 0.330 e. The van der Waals surface area contributed by atoms with Crippen LogP contribution in [-0.2, 0) is 4.79 Å². The van der Waals surface area contributed by atoms with Gasteiger partial charge in [0.1, 0.15) is 0 Å². The van der Waals surface area contributed by atoms with Crippen molar-refractivity contribution < 1.29 is 9.59 Å². The fourth-order valence-corrected chi connectivity index (χ4v) is 3.06. The number of benzene rings is 1. The van der Waals surface area contributed by atoms with E-state index in [4.69, 9.17) is 0 Å². The minimum atomic E-state index is -0.360. The summed E-state index contributed by atoms with van der Waals surface area (Å²) in [4.78, 5) is 28.5. The second-order valence-electron chi connectivity index (χ2n) is 5.90. The Balaban J connectivity index is 2.03. The molecule has 0 aliphatic carbocycles. The van der Waals surface area contributed by atoms with Gasteiger partial charge in [0.15, 0.2) is 0 Å². The van der Waals surface area contributed by atoms with E-state index in [9.17, 15) is 9.59 Å². The van der Waals surface area contributed by atoms with Gasteiger partial charge in [-0.1, -0.05) is 37.3 Å². The Morgan fingerprint density at radius 1 is 1.27 bits per heavy atom. The van der Waals surface area contributed by atoms with Crippen LogP contribution >= 0.6 is 0 Å². The van der Waals surface area contributed by atoms with E-state index in [0.717, 1.165) is 17.7 Å². The van der Waals surface area contributed by atoms with Gasteiger partial charge in [-0.15, -0.1) is 0 Å². The van der Waals surface area contributed by atoms with Crippen molar-refractivity contribution in [3.63, 3.8) is 0 Å². The zero-order valence-electron chi connectivity index (χ0n) is 13.2. The summed E-state index contributed by atoms with van der Waals surface area (Å²) in [6, 6.07) is 9.31. The third-order valence-electron chi connectivity index (χ3n) is 4.64. The van der Waals surface area contributed by atoms with E-state index in [2.05, 4.69) is 12.2 Å². The number of amides is 3. The van der Waals surface area contributed by atoms with E-state index in [1.165, 1.54) is 0 Å². The molecule has 2 atom stereocenters. The van der Waals surface area contributed by atoms with Gasteiger partial charge in [0.05, 0.1) is 23.9 Å². The number of carbonyl (C=O) groups is 2. The molecule has 3 rings (SSSR count). The molecule has 0 radical (unpaired) electrons. The highest BCUT2D eigenvalue weighted by molar-refractivity contribution is 6.01. The zero-order chi connectivity index (χ0) is 15.9. The normalized spacial score (nSPS) is 22.8. The molecule has 22 heavy (non-hydrogen) atoms. The Morgan fingerprint density at radius 3 is 2.59 bits per heavy atom. The second-order valence-corrected chi connectivity index (χ2v) is 5.90. The first-order chi connectivity index (χ1) is 10.5. The molecule has 0 saturated carbocycles. The van der Waals surface area contributed by atoms with E-state index in [-0.39, 0.29) is 24.0 Å². The van der Waals surface area contributed by atoms with Crippen molar-refractivity contribution in [2.45, 2.75) is 32.4 Å². The Kier molecular flexibility index (Phi) is 3.64. The average molecular weight is 299 g/mol. The highest BCUT2D eigenvalue weighted by atomic mass is 16.2. The van der Waals surface area contributed by atoms with E-state index < -0.39 is 0 Å². The molecule has 2 aliphatic rings. The van der Waals surface area contributed by atoms with Crippen LogP contribution in [-0.4, -0.2) is 41.4 Å². The molecule has 0 aromatic heterocycles. The lowest BCUT2D eigenvalue weighted by Crippen LogP contribution is -2.45. The topological polar surface area (TPSA) is 52.7 Å². The van der Waals surface area contributed by atoms with E-state index >= 15 is 0 Å². The summed E-state index contributed by atoms with van der Waals surface area (Å²) in [6.45, 7) is 4.62. The SMILES string of the molecule is CCC(C)N1CC2=C(C1=O)C(c1ccccc1)NC(=O)N2C. The van der Waals surface area contributed by atoms with Crippen LogP contribution in [0.15, 0.2) is 41.6 Å². The fraction of sp³-hybridized carbons (Fsp3) is 0.412. The highest BCUT2D eigenvalue weighted by Crippen LogP contribution is 2.36. The maximum absolute atomic E-state index is 12.9. The predicted molar refractivity (Wildman–Crippen MR) is 84.0 cm³/mol. The molecule has 2 unspecified atom stereocenters. The van der Waals surface area contributed by atoms with Gasteiger partial charge in [-0.2, -0.15) is 0 Å². The van der Waals surface area contributed by atoms with E-state index in [1.807, 2.05) is 42.2 Å². The van der Waals surface area contributed by atoms with Gasteiger partial charge < -0.3 is 10.2 Å². The Labute approximate surface area is 130 Å². The maximum atomic E-state index is 12.9. The molecule has 0 fully saturated rings. The molecule has 3 amide bonds. The summed E-state index contributed by atoms with van der Waals surface area (Å²) < 4.78 is 0. The van der Waals surface area contributed by atoms with Crippen LogP contribution in [0.2, 0.25) is 0 Å². The van der Waals surface area contributed by atoms with Crippen LogP contribution < -0.4 is 5.32 Å². The second kappa shape index (κ2) is 5.48. The van der Waals surface area contributed by atoms with Crippen molar-refractivity contribution in [1.82, 2.24) is 15.1 Å². The zero-order valence-corrected chi connectivity index (χ0v) is 13.2. The van der Waals surface area contributed by atoms with Gasteiger partial charge in [0.25, 0.3) is 5.91 Å². The number of hydrogen-bond acceptors (Lipinski definition) is 2. The standard InChI is InChI=1S/C17H21N3O2/c1-4-11(2)20-10-13-14(16(20)21)15(18-17(22)19(13)3)12-8-6-5-7-9-12/h5-9,11,15H,4,10H2,1-3H3,(H,18,22). The molecule has 5 heteroatoms. The summed E-state index contributed by atoms with van der Waals surface area (Å²) in [5.41, 5.74) is 2.47. The average Bonchev–Trinajstić information content (AvgIpc) is 2.89. The molecule has 2 heterocycles. The monoisotopic (exact) mass is 299 g/mol. The van der Waals surface area contributed by atoms with Gasteiger partial charge in [-0.05, 0) is 18.9 Å². The Hall–Kier alpha value is -2.30. The number of urea groups is 1. The summed E-state index contributed by atoms with van der Waals surface area (Å²) in [5.74, 6) is 0.0325. The molecule has 2 aliphatic heterocycles. The van der Waals surface area contributed by atoms with Gasteiger partial charge in [-0.25, -0.2) is 4.79 Å². The molecular weight excluding hydrogens is 278 g/mol. The van der Waals surface area contributed by atoms with Crippen molar-refractivity contribution in [2.24, 2.45) is 0 Å². The molecule has 5 nitrogen and oxygen atoms in total. The third kappa shape index (κ3) is 2.17. The lowest BCUT2D eigenvalue weighted by molar-refractivity contribution is -0.127. The first-order valence-corrected chi connectivity index (χ1v) is 7.67. The molecule has 1 aromatic carbocycles. The lowest BCUT2D eigenvalue weighted by atomic mass is 9.96. The summed E-state index contributed by atoms with van der Waals surface area (Å²) in [7, 11) is 1.72. The van der Waals surface area contributed by atoms with Gasteiger partial charge in [0, 0.05) is 13.1 Å². The molecule has 0 saturated heterocycles. The predicted octanol–water partition coefficient (Wildman–Crippen LogP) is 2.28. The van der Waals surface area contributed by atoms with Crippen LogP contribution in [0.5, 0.6) is 0 Å². The van der Waals surface area contributed by atoms with Crippen LogP contribution in [0.1, 0.15) is 31.9 Å². The molecule has 0 bridgehead atoms. The molecule has 1 N–H and O–H groups in total. The maximum Gasteiger partial charge on any atom is 0.322 e. The number of rotatable bonds is 3. The van der Waals surface area contributed by atoms with Gasteiger partial charge in [0.2, 0.25) is 0 Å². The van der Waals surface area contributed by atoms with Crippen LogP contribution in [0, 0.1) is 0 Å². The number of nitrogens with zero attached hydrogens (tertiary/aromatic N) is 2.